The van der Waals surface area contributed by atoms with Crippen molar-refractivity contribution in [3.63, 3.8) is 0 Å². The second-order valence-electron chi connectivity index (χ2n) is 5.36. The van der Waals surface area contributed by atoms with Gasteiger partial charge in [-0.1, -0.05) is 12.1 Å². The number of carbonyl (C=O) groups is 1. The average Bonchev–Trinajstić information content (AvgIpc) is 2.50. The van der Waals surface area contributed by atoms with Crippen LogP contribution >= 0.6 is 0 Å². The molecule has 1 heterocycles. The SMILES string of the molecule is COC(=O)c1ccc(NC2CC(c3cccc(F)c3)C2)nn1. The van der Waals surface area contributed by atoms with Crippen molar-refractivity contribution in [2.75, 3.05) is 12.4 Å². The molecule has 114 valence electrons. The number of halogens is 1. The van der Waals surface area contributed by atoms with Crippen molar-refractivity contribution in [2.45, 2.75) is 24.8 Å². The summed E-state index contributed by atoms with van der Waals surface area (Å²) in [4.78, 5) is 11.3. The topological polar surface area (TPSA) is 64.1 Å². The lowest BCUT2D eigenvalue weighted by molar-refractivity contribution is 0.0593. The highest BCUT2D eigenvalue weighted by Gasteiger charge is 2.30. The lowest BCUT2D eigenvalue weighted by Gasteiger charge is -2.36. The highest BCUT2D eigenvalue weighted by molar-refractivity contribution is 5.86. The standard InChI is InChI=1S/C16H16FN3O2/c1-22-16(21)14-5-6-15(20-19-14)18-13-8-11(9-13)10-3-2-4-12(17)7-10/h2-7,11,13H,8-9H2,1H3,(H,18,20). The van der Waals surface area contributed by atoms with Gasteiger partial charge >= 0.3 is 5.97 Å². The number of nitrogens with zero attached hydrogens (tertiary/aromatic N) is 2. The summed E-state index contributed by atoms with van der Waals surface area (Å²) in [7, 11) is 1.30. The van der Waals surface area contributed by atoms with E-state index in [-0.39, 0.29) is 17.6 Å². The largest absolute Gasteiger partial charge is 0.464 e. The first-order valence-electron chi connectivity index (χ1n) is 7.10. The van der Waals surface area contributed by atoms with Crippen molar-refractivity contribution in [3.8, 4) is 0 Å². The molecule has 0 atom stereocenters. The highest BCUT2D eigenvalue weighted by atomic mass is 19.1. The third-order valence-electron chi connectivity index (χ3n) is 3.87. The fraction of sp³-hybridized carbons (Fsp3) is 0.312. The maximum atomic E-state index is 13.2. The second kappa shape index (κ2) is 6.09. The Hall–Kier alpha value is -2.50. The van der Waals surface area contributed by atoms with E-state index in [2.05, 4.69) is 20.3 Å². The van der Waals surface area contributed by atoms with Crippen molar-refractivity contribution in [2.24, 2.45) is 0 Å². The smallest absolute Gasteiger partial charge is 0.358 e. The Labute approximate surface area is 127 Å². The van der Waals surface area contributed by atoms with Crippen LogP contribution in [-0.4, -0.2) is 29.3 Å². The van der Waals surface area contributed by atoms with Gasteiger partial charge in [0.2, 0.25) is 0 Å². The van der Waals surface area contributed by atoms with E-state index in [4.69, 9.17) is 0 Å². The van der Waals surface area contributed by atoms with Crippen LogP contribution in [0.3, 0.4) is 0 Å². The average molecular weight is 301 g/mol. The first-order valence-corrected chi connectivity index (χ1v) is 7.10. The maximum Gasteiger partial charge on any atom is 0.358 e. The van der Waals surface area contributed by atoms with Gasteiger partial charge in [-0.25, -0.2) is 9.18 Å². The van der Waals surface area contributed by atoms with Gasteiger partial charge in [-0.3, -0.25) is 0 Å². The Kier molecular flexibility index (Phi) is 4.00. The minimum Gasteiger partial charge on any atom is -0.464 e. The van der Waals surface area contributed by atoms with Crippen LogP contribution in [-0.2, 0) is 4.74 Å². The van der Waals surface area contributed by atoms with Gasteiger partial charge in [-0.15, -0.1) is 10.2 Å². The number of hydrogen-bond donors (Lipinski definition) is 1. The van der Waals surface area contributed by atoms with E-state index in [1.807, 2.05) is 6.07 Å². The molecule has 3 rings (SSSR count). The predicted octanol–water partition coefficient (Wildman–Crippen LogP) is 2.76. The fourth-order valence-corrected chi connectivity index (χ4v) is 2.60. The van der Waals surface area contributed by atoms with Gasteiger partial charge in [-0.05, 0) is 48.6 Å². The van der Waals surface area contributed by atoms with E-state index in [0.717, 1.165) is 18.4 Å². The van der Waals surface area contributed by atoms with Crippen molar-refractivity contribution < 1.29 is 13.9 Å². The second-order valence-corrected chi connectivity index (χ2v) is 5.36. The van der Waals surface area contributed by atoms with Crippen LogP contribution in [0.1, 0.15) is 34.8 Å². The van der Waals surface area contributed by atoms with Crippen molar-refractivity contribution in [3.05, 3.63) is 53.5 Å². The summed E-state index contributed by atoms with van der Waals surface area (Å²) >= 11 is 0. The van der Waals surface area contributed by atoms with Crippen molar-refractivity contribution in [1.29, 1.82) is 0 Å². The molecule has 0 aliphatic heterocycles. The van der Waals surface area contributed by atoms with E-state index in [9.17, 15) is 9.18 Å². The van der Waals surface area contributed by atoms with Crippen molar-refractivity contribution in [1.82, 2.24) is 10.2 Å². The van der Waals surface area contributed by atoms with Gasteiger partial charge in [0.1, 0.15) is 11.6 Å². The van der Waals surface area contributed by atoms with Gasteiger partial charge in [0.15, 0.2) is 5.69 Å². The summed E-state index contributed by atoms with van der Waals surface area (Å²) in [6, 6.07) is 10.3. The quantitative estimate of drug-likeness (QED) is 0.880. The summed E-state index contributed by atoms with van der Waals surface area (Å²) in [6.07, 6.45) is 1.84. The zero-order valence-corrected chi connectivity index (χ0v) is 12.1. The molecule has 0 radical (unpaired) electrons. The third kappa shape index (κ3) is 3.05. The van der Waals surface area contributed by atoms with E-state index in [0.29, 0.717) is 11.7 Å². The normalized spacial score (nSPS) is 20.1. The van der Waals surface area contributed by atoms with Crippen LogP contribution in [0.2, 0.25) is 0 Å². The Morgan fingerprint density at radius 1 is 1.27 bits per heavy atom. The Morgan fingerprint density at radius 2 is 2.09 bits per heavy atom. The van der Waals surface area contributed by atoms with Gasteiger partial charge in [0.05, 0.1) is 7.11 Å². The number of methoxy groups -OCH3 is 1. The number of nitrogens with one attached hydrogen (secondary N) is 1. The molecule has 5 nitrogen and oxygen atoms in total. The minimum absolute atomic E-state index is 0.180. The molecule has 22 heavy (non-hydrogen) atoms. The van der Waals surface area contributed by atoms with Gasteiger partial charge in [0.25, 0.3) is 0 Å². The number of ether oxygens (including phenoxy) is 1. The number of carbonyl (C=O) groups excluding carboxylic acids is 1. The molecule has 1 aromatic carbocycles. The molecule has 1 aliphatic carbocycles. The number of hydrogen-bond acceptors (Lipinski definition) is 5. The number of esters is 1. The van der Waals surface area contributed by atoms with E-state index in [1.165, 1.54) is 13.2 Å². The summed E-state index contributed by atoms with van der Waals surface area (Å²) in [6.45, 7) is 0. The highest BCUT2D eigenvalue weighted by Crippen LogP contribution is 2.38. The van der Waals surface area contributed by atoms with E-state index < -0.39 is 5.97 Å². The first-order chi connectivity index (χ1) is 10.7. The molecule has 1 aliphatic rings. The molecule has 1 aromatic heterocycles. The minimum atomic E-state index is -0.506. The summed E-state index contributed by atoms with van der Waals surface area (Å²) < 4.78 is 17.8. The predicted molar refractivity (Wildman–Crippen MR) is 79.2 cm³/mol. The van der Waals surface area contributed by atoms with Crippen molar-refractivity contribution >= 4 is 11.8 Å². The van der Waals surface area contributed by atoms with Gasteiger partial charge < -0.3 is 10.1 Å². The number of rotatable bonds is 4. The Morgan fingerprint density at radius 3 is 2.73 bits per heavy atom. The molecular formula is C16H16FN3O2. The van der Waals surface area contributed by atoms with Crippen LogP contribution in [0.5, 0.6) is 0 Å². The van der Waals surface area contributed by atoms with Crippen LogP contribution < -0.4 is 5.32 Å². The summed E-state index contributed by atoms with van der Waals surface area (Å²) in [5.41, 5.74) is 1.21. The summed E-state index contributed by atoms with van der Waals surface area (Å²) in [5.74, 6) is 0.290. The zero-order valence-electron chi connectivity index (χ0n) is 12.1. The van der Waals surface area contributed by atoms with Crippen LogP contribution in [0.4, 0.5) is 10.2 Å². The van der Waals surface area contributed by atoms with E-state index in [1.54, 1.807) is 24.3 Å². The number of benzene rings is 1. The molecule has 0 bridgehead atoms. The monoisotopic (exact) mass is 301 g/mol. The lowest BCUT2D eigenvalue weighted by atomic mass is 9.76. The first kappa shape index (κ1) is 14.4. The Balaban J connectivity index is 1.55. The van der Waals surface area contributed by atoms with Gasteiger partial charge in [0, 0.05) is 6.04 Å². The molecule has 0 spiro atoms. The van der Waals surface area contributed by atoms with Crippen LogP contribution in [0, 0.1) is 5.82 Å². The molecule has 1 saturated carbocycles. The fourth-order valence-electron chi connectivity index (χ4n) is 2.60. The van der Waals surface area contributed by atoms with Gasteiger partial charge in [-0.2, -0.15) is 0 Å². The summed E-state index contributed by atoms with van der Waals surface area (Å²) in [5, 5.41) is 11.0. The molecule has 1 N–H and O–H groups in total. The molecule has 0 saturated heterocycles. The molecule has 2 aromatic rings. The molecule has 1 fully saturated rings. The molecule has 0 unspecified atom stereocenters. The Bertz CT molecular complexity index is 669. The van der Waals surface area contributed by atoms with Crippen LogP contribution in [0.15, 0.2) is 36.4 Å². The zero-order chi connectivity index (χ0) is 15.5. The molecular weight excluding hydrogens is 285 g/mol. The van der Waals surface area contributed by atoms with E-state index >= 15 is 0 Å². The maximum absolute atomic E-state index is 13.2. The molecule has 0 amide bonds. The third-order valence-corrected chi connectivity index (χ3v) is 3.87. The molecule has 6 heteroatoms. The number of anilines is 1. The van der Waals surface area contributed by atoms with Crippen LogP contribution in [0.25, 0.3) is 0 Å². The lowest BCUT2D eigenvalue weighted by Crippen LogP contribution is -2.34. The number of aromatic nitrogens is 2.